The lowest BCUT2D eigenvalue weighted by molar-refractivity contribution is 0.509. The largest absolute Gasteiger partial charge is 0.382 e. The van der Waals surface area contributed by atoms with Crippen LogP contribution in [0.5, 0.6) is 0 Å². The third-order valence-corrected chi connectivity index (χ3v) is 2.60. The van der Waals surface area contributed by atoms with Gasteiger partial charge in [-0.3, -0.25) is 0 Å². The molecule has 8 heteroatoms. The summed E-state index contributed by atoms with van der Waals surface area (Å²) in [4.78, 5) is 7.42. The summed E-state index contributed by atoms with van der Waals surface area (Å²) in [7, 11) is 0. The van der Waals surface area contributed by atoms with Gasteiger partial charge in [0.15, 0.2) is 11.6 Å². The normalized spacial score (nSPS) is 10.2. The number of halogens is 3. The number of aromatic nitrogens is 2. The molecule has 0 amide bonds. The van der Waals surface area contributed by atoms with Crippen LogP contribution in [0.3, 0.4) is 0 Å². The SMILES string of the molecule is N#Cc1c(N)nc(N)nc1-c1cc(F)c(F)c(Cl)c1. The Bertz CT molecular complexity index is 688. The van der Waals surface area contributed by atoms with Crippen LogP contribution in [0.1, 0.15) is 5.56 Å². The third kappa shape index (κ3) is 2.26. The van der Waals surface area contributed by atoms with E-state index in [1.807, 2.05) is 0 Å². The molecule has 0 saturated heterocycles. The minimum Gasteiger partial charge on any atom is -0.382 e. The van der Waals surface area contributed by atoms with E-state index in [0.717, 1.165) is 12.1 Å². The standard InChI is InChI=1S/C11H6ClF2N5/c12-6-1-4(2-7(13)8(6)14)9-5(3-15)10(16)19-11(17)18-9/h1-2H,(H4,16,17,18,19). The molecule has 1 aromatic carbocycles. The number of benzene rings is 1. The highest BCUT2D eigenvalue weighted by molar-refractivity contribution is 6.31. The fourth-order valence-corrected chi connectivity index (χ4v) is 1.72. The molecule has 96 valence electrons. The quantitative estimate of drug-likeness (QED) is 0.780. The molecule has 2 rings (SSSR count). The highest BCUT2D eigenvalue weighted by Crippen LogP contribution is 2.29. The van der Waals surface area contributed by atoms with Gasteiger partial charge in [0, 0.05) is 5.56 Å². The van der Waals surface area contributed by atoms with Crippen molar-refractivity contribution in [2.45, 2.75) is 0 Å². The van der Waals surface area contributed by atoms with Crippen molar-refractivity contribution in [3.05, 3.63) is 34.4 Å². The minimum atomic E-state index is -1.18. The van der Waals surface area contributed by atoms with Gasteiger partial charge in [-0.25, -0.2) is 13.8 Å². The fourth-order valence-electron chi connectivity index (χ4n) is 1.51. The van der Waals surface area contributed by atoms with Crippen LogP contribution in [0.2, 0.25) is 5.02 Å². The number of anilines is 2. The van der Waals surface area contributed by atoms with E-state index in [1.54, 1.807) is 6.07 Å². The molecule has 0 aliphatic carbocycles. The van der Waals surface area contributed by atoms with Crippen molar-refractivity contribution in [3.8, 4) is 17.3 Å². The first-order valence-corrected chi connectivity index (χ1v) is 5.29. The molecule has 0 bridgehead atoms. The zero-order chi connectivity index (χ0) is 14.2. The Morgan fingerprint density at radius 3 is 2.47 bits per heavy atom. The molecular weight excluding hydrogens is 276 g/mol. The van der Waals surface area contributed by atoms with Crippen LogP contribution in [-0.2, 0) is 0 Å². The molecule has 1 heterocycles. The van der Waals surface area contributed by atoms with Crippen molar-refractivity contribution >= 4 is 23.4 Å². The first-order valence-electron chi connectivity index (χ1n) is 4.92. The highest BCUT2D eigenvalue weighted by Gasteiger charge is 2.17. The van der Waals surface area contributed by atoms with Crippen LogP contribution in [0.15, 0.2) is 12.1 Å². The summed E-state index contributed by atoms with van der Waals surface area (Å²) < 4.78 is 26.4. The van der Waals surface area contributed by atoms with Gasteiger partial charge in [0.25, 0.3) is 0 Å². The lowest BCUT2D eigenvalue weighted by Gasteiger charge is -2.07. The molecule has 5 nitrogen and oxygen atoms in total. The van der Waals surface area contributed by atoms with E-state index >= 15 is 0 Å². The summed E-state index contributed by atoms with van der Waals surface area (Å²) >= 11 is 5.54. The summed E-state index contributed by atoms with van der Waals surface area (Å²) in [6.45, 7) is 0. The summed E-state index contributed by atoms with van der Waals surface area (Å²) in [6.07, 6.45) is 0. The van der Waals surface area contributed by atoms with Gasteiger partial charge >= 0.3 is 0 Å². The van der Waals surface area contributed by atoms with Gasteiger partial charge in [-0.05, 0) is 12.1 Å². The highest BCUT2D eigenvalue weighted by atomic mass is 35.5. The summed E-state index contributed by atoms with van der Waals surface area (Å²) in [5.74, 6) is -2.68. The number of rotatable bonds is 1. The topological polar surface area (TPSA) is 102 Å². The molecule has 2 aromatic rings. The molecule has 0 spiro atoms. The second-order valence-corrected chi connectivity index (χ2v) is 3.96. The maximum Gasteiger partial charge on any atom is 0.222 e. The van der Waals surface area contributed by atoms with Crippen LogP contribution >= 0.6 is 11.6 Å². The van der Waals surface area contributed by atoms with Crippen LogP contribution in [0, 0.1) is 23.0 Å². The molecule has 0 aliphatic heterocycles. The van der Waals surface area contributed by atoms with Crippen molar-refractivity contribution in [2.75, 3.05) is 11.5 Å². The van der Waals surface area contributed by atoms with E-state index in [0.29, 0.717) is 0 Å². The Morgan fingerprint density at radius 1 is 1.21 bits per heavy atom. The maximum atomic E-state index is 13.3. The molecule has 0 aliphatic rings. The van der Waals surface area contributed by atoms with E-state index in [-0.39, 0.29) is 28.6 Å². The summed E-state index contributed by atoms with van der Waals surface area (Å²) in [5, 5.41) is 8.56. The first-order chi connectivity index (χ1) is 8.93. The van der Waals surface area contributed by atoms with Crippen molar-refractivity contribution in [1.82, 2.24) is 9.97 Å². The minimum absolute atomic E-state index is 0.00620. The van der Waals surface area contributed by atoms with Crippen molar-refractivity contribution in [3.63, 3.8) is 0 Å². The Labute approximate surface area is 111 Å². The molecule has 0 fully saturated rings. The lowest BCUT2D eigenvalue weighted by atomic mass is 10.1. The van der Waals surface area contributed by atoms with Gasteiger partial charge in [0.05, 0.1) is 10.7 Å². The Morgan fingerprint density at radius 2 is 1.89 bits per heavy atom. The molecule has 4 N–H and O–H groups in total. The van der Waals surface area contributed by atoms with Gasteiger partial charge in [-0.15, -0.1) is 0 Å². The van der Waals surface area contributed by atoms with Crippen LogP contribution in [0.25, 0.3) is 11.3 Å². The van der Waals surface area contributed by atoms with Gasteiger partial charge < -0.3 is 11.5 Å². The molecule has 0 unspecified atom stereocenters. The zero-order valence-corrected chi connectivity index (χ0v) is 10.0. The number of nitrogen functional groups attached to an aromatic ring is 2. The smallest absolute Gasteiger partial charge is 0.222 e. The lowest BCUT2D eigenvalue weighted by Crippen LogP contribution is -2.05. The van der Waals surface area contributed by atoms with Crippen molar-refractivity contribution in [2.24, 2.45) is 0 Å². The summed E-state index contributed by atoms with van der Waals surface area (Å²) in [6, 6.07) is 3.76. The Balaban J connectivity index is 2.76. The molecule has 0 radical (unpaired) electrons. The van der Waals surface area contributed by atoms with Crippen LogP contribution in [0.4, 0.5) is 20.5 Å². The predicted molar refractivity (Wildman–Crippen MR) is 65.9 cm³/mol. The monoisotopic (exact) mass is 281 g/mol. The first kappa shape index (κ1) is 13.0. The Kier molecular flexibility index (Phi) is 3.19. The number of nitrogens with zero attached hydrogens (tertiary/aromatic N) is 3. The third-order valence-electron chi connectivity index (χ3n) is 2.32. The van der Waals surface area contributed by atoms with E-state index in [1.165, 1.54) is 0 Å². The van der Waals surface area contributed by atoms with Gasteiger partial charge in [0.1, 0.15) is 17.5 Å². The maximum absolute atomic E-state index is 13.3. The van der Waals surface area contributed by atoms with Crippen LogP contribution < -0.4 is 11.5 Å². The van der Waals surface area contributed by atoms with Gasteiger partial charge in [0.2, 0.25) is 5.95 Å². The van der Waals surface area contributed by atoms with Crippen molar-refractivity contribution in [1.29, 1.82) is 5.26 Å². The van der Waals surface area contributed by atoms with E-state index in [2.05, 4.69) is 9.97 Å². The molecule has 19 heavy (non-hydrogen) atoms. The summed E-state index contributed by atoms with van der Waals surface area (Å²) in [5.41, 5.74) is 10.9. The molecule has 0 atom stereocenters. The molecular formula is C11H6ClF2N5. The average Bonchev–Trinajstić information content (AvgIpc) is 2.34. The second-order valence-electron chi connectivity index (χ2n) is 3.56. The zero-order valence-electron chi connectivity index (χ0n) is 9.28. The number of hydrogen-bond acceptors (Lipinski definition) is 5. The average molecular weight is 282 g/mol. The second kappa shape index (κ2) is 4.66. The predicted octanol–water partition coefficient (Wildman–Crippen LogP) is 2.11. The Hall–Kier alpha value is -2.46. The fraction of sp³-hybridized carbons (Fsp3) is 0. The van der Waals surface area contributed by atoms with E-state index < -0.39 is 16.7 Å². The van der Waals surface area contributed by atoms with Crippen LogP contribution in [-0.4, -0.2) is 9.97 Å². The molecule has 0 saturated carbocycles. The van der Waals surface area contributed by atoms with Gasteiger partial charge in [-0.1, -0.05) is 11.6 Å². The van der Waals surface area contributed by atoms with E-state index in [4.69, 9.17) is 28.3 Å². The number of hydrogen-bond donors (Lipinski definition) is 2. The van der Waals surface area contributed by atoms with Crippen molar-refractivity contribution < 1.29 is 8.78 Å². The molecule has 1 aromatic heterocycles. The van der Waals surface area contributed by atoms with Gasteiger partial charge in [-0.2, -0.15) is 10.2 Å². The van der Waals surface area contributed by atoms with E-state index in [9.17, 15) is 8.78 Å². The number of nitrogens with two attached hydrogens (primary N) is 2. The number of nitriles is 1.